The Balaban J connectivity index is 2.25. The number of rotatable bonds is 5. The summed E-state index contributed by atoms with van der Waals surface area (Å²) in [5.41, 5.74) is 0. The Kier molecular flexibility index (Phi) is 3.66. The molecule has 1 aromatic heterocycles. The van der Waals surface area contributed by atoms with Crippen molar-refractivity contribution in [2.45, 2.75) is 25.7 Å². The molecule has 1 heterocycles. The molecule has 0 amide bonds. The molecule has 67 valence electrons. The van der Waals surface area contributed by atoms with Crippen molar-refractivity contribution in [3.05, 3.63) is 12.9 Å². The van der Waals surface area contributed by atoms with Crippen LogP contribution in [0, 0.1) is 7.11 Å². The van der Waals surface area contributed by atoms with Crippen LogP contribution in [0.25, 0.3) is 0 Å². The highest BCUT2D eigenvalue weighted by Gasteiger charge is 2.07. The average molecular weight is 169 g/mol. The molecule has 1 radical (unpaired) electrons. The second-order valence-electron chi connectivity index (χ2n) is 2.74. The summed E-state index contributed by atoms with van der Waals surface area (Å²) in [6.45, 7) is 2.76. The molecule has 0 saturated heterocycles. The van der Waals surface area contributed by atoms with Gasteiger partial charge in [0.15, 0.2) is 5.82 Å². The van der Waals surface area contributed by atoms with Gasteiger partial charge in [0.05, 0.1) is 7.11 Å². The van der Waals surface area contributed by atoms with Gasteiger partial charge in [0.1, 0.15) is 0 Å². The number of nitrogens with one attached hydrogen (secondary N) is 1. The maximum Gasteiger partial charge on any atom is 0.151 e. The first-order valence-corrected chi connectivity index (χ1v) is 3.95. The highest BCUT2D eigenvalue weighted by molar-refractivity contribution is 4.86. The van der Waals surface area contributed by atoms with Gasteiger partial charge >= 0.3 is 0 Å². The van der Waals surface area contributed by atoms with Crippen molar-refractivity contribution in [2.75, 3.05) is 6.61 Å². The Morgan fingerprint density at radius 3 is 3.08 bits per heavy atom. The Labute approximate surface area is 71.5 Å². The van der Waals surface area contributed by atoms with E-state index in [1.807, 2.05) is 0 Å². The Morgan fingerprint density at radius 1 is 1.67 bits per heavy atom. The second-order valence-corrected chi connectivity index (χ2v) is 2.74. The molecule has 5 nitrogen and oxygen atoms in total. The second kappa shape index (κ2) is 4.82. The summed E-state index contributed by atoms with van der Waals surface area (Å²) in [6.07, 6.45) is 1.98. The van der Waals surface area contributed by atoms with Gasteiger partial charge in [-0.15, -0.1) is 5.10 Å². The molecule has 1 rings (SSSR count). The monoisotopic (exact) mass is 169 g/mol. The van der Waals surface area contributed by atoms with E-state index in [9.17, 15) is 0 Å². The number of H-pyrrole nitrogens is 1. The van der Waals surface area contributed by atoms with Crippen molar-refractivity contribution in [1.29, 1.82) is 0 Å². The highest BCUT2D eigenvalue weighted by Crippen LogP contribution is 2.14. The van der Waals surface area contributed by atoms with Crippen LogP contribution >= 0.6 is 0 Å². The number of aromatic nitrogens is 4. The van der Waals surface area contributed by atoms with Gasteiger partial charge in [-0.05, 0) is 23.3 Å². The van der Waals surface area contributed by atoms with E-state index in [0.29, 0.717) is 12.5 Å². The largest absolute Gasteiger partial charge is 0.379 e. The van der Waals surface area contributed by atoms with Crippen molar-refractivity contribution >= 4 is 0 Å². The molecule has 0 aliphatic heterocycles. The summed E-state index contributed by atoms with van der Waals surface area (Å²) >= 11 is 0. The van der Waals surface area contributed by atoms with E-state index in [4.69, 9.17) is 4.74 Å². The van der Waals surface area contributed by atoms with Gasteiger partial charge in [0.25, 0.3) is 0 Å². The van der Waals surface area contributed by atoms with Crippen LogP contribution in [0.15, 0.2) is 0 Å². The predicted octanol–water partition coefficient (Wildman–Crippen LogP) is 0.892. The molecule has 1 atom stereocenters. The summed E-state index contributed by atoms with van der Waals surface area (Å²) in [5, 5.41) is 13.6. The van der Waals surface area contributed by atoms with Crippen LogP contribution in [0.2, 0.25) is 0 Å². The minimum absolute atomic E-state index is 0.357. The van der Waals surface area contributed by atoms with E-state index < -0.39 is 0 Å². The van der Waals surface area contributed by atoms with E-state index in [2.05, 4.69) is 34.7 Å². The Bertz CT molecular complexity index is 199. The first-order valence-electron chi connectivity index (χ1n) is 3.95. The standard InChI is InChI=1S/C7H13N4O/c1-6(4-3-5-12-2)7-8-10-11-9-7/h6H,2-5H2,1H3,(H,8,9,10,11). The lowest BCUT2D eigenvalue weighted by Gasteiger charge is -2.05. The van der Waals surface area contributed by atoms with Crippen LogP contribution in [0.4, 0.5) is 0 Å². The zero-order valence-electron chi connectivity index (χ0n) is 7.16. The normalized spacial score (nSPS) is 13.2. The molecule has 0 bridgehead atoms. The molecule has 0 saturated carbocycles. The van der Waals surface area contributed by atoms with Crippen LogP contribution in [-0.4, -0.2) is 27.2 Å². The maximum atomic E-state index is 4.70. The van der Waals surface area contributed by atoms with Crippen molar-refractivity contribution in [3.8, 4) is 0 Å². The van der Waals surface area contributed by atoms with Crippen LogP contribution in [0.3, 0.4) is 0 Å². The van der Waals surface area contributed by atoms with Gasteiger partial charge in [-0.25, -0.2) is 5.10 Å². The minimum atomic E-state index is 0.357. The number of hydrogen-bond acceptors (Lipinski definition) is 4. The lowest BCUT2D eigenvalue weighted by atomic mass is 10.1. The molecule has 0 aliphatic rings. The van der Waals surface area contributed by atoms with E-state index in [1.165, 1.54) is 0 Å². The minimum Gasteiger partial charge on any atom is -0.379 e. The van der Waals surface area contributed by atoms with Gasteiger partial charge in [-0.2, -0.15) is 0 Å². The predicted molar refractivity (Wildman–Crippen MR) is 43.1 cm³/mol. The zero-order chi connectivity index (χ0) is 8.81. The van der Waals surface area contributed by atoms with Gasteiger partial charge in [-0.3, -0.25) is 0 Å². The third-order valence-corrected chi connectivity index (χ3v) is 1.75. The number of ether oxygens (including phenoxy) is 1. The lowest BCUT2D eigenvalue weighted by Crippen LogP contribution is -1.98. The molecule has 0 aliphatic carbocycles. The van der Waals surface area contributed by atoms with Gasteiger partial charge in [0.2, 0.25) is 0 Å². The van der Waals surface area contributed by atoms with E-state index in [-0.39, 0.29) is 0 Å². The van der Waals surface area contributed by atoms with Crippen molar-refractivity contribution in [2.24, 2.45) is 0 Å². The topological polar surface area (TPSA) is 63.7 Å². The van der Waals surface area contributed by atoms with Gasteiger partial charge in [0, 0.05) is 12.5 Å². The highest BCUT2D eigenvalue weighted by atomic mass is 16.5. The first kappa shape index (κ1) is 9.12. The number of aromatic amines is 1. The molecule has 12 heavy (non-hydrogen) atoms. The molecule has 1 N–H and O–H groups in total. The maximum absolute atomic E-state index is 4.70. The Hall–Kier alpha value is -0.970. The van der Waals surface area contributed by atoms with Crippen LogP contribution in [-0.2, 0) is 4.74 Å². The zero-order valence-corrected chi connectivity index (χ0v) is 7.16. The number of nitrogens with zero attached hydrogens (tertiary/aromatic N) is 3. The Morgan fingerprint density at radius 2 is 2.50 bits per heavy atom. The molecule has 0 spiro atoms. The molecule has 5 heteroatoms. The summed E-state index contributed by atoms with van der Waals surface area (Å²) in [7, 11) is 3.30. The molecular weight excluding hydrogens is 156 g/mol. The van der Waals surface area contributed by atoms with Gasteiger partial charge < -0.3 is 4.74 Å². The smallest absolute Gasteiger partial charge is 0.151 e. The third kappa shape index (κ3) is 2.58. The fourth-order valence-electron chi connectivity index (χ4n) is 1.00. The molecular formula is C7H13N4O. The quantitative estimate of drug-likeness (QED) is 0.665. The first-order chi connectivity index (χ1) is 5.84. The average Bonchev–Trinajstić information content (AvgIpc) is 2.56. The third-order valence-electron chi connectivity index (χ3n) is 1.75. The molecule has 1 aromatic rings. The molecule has 0 aromatic carbocycles. The number of tetrazole rings is 1. The van der Waals surface area contributed by atoms with E-state index in [1.54, 1.807) is 0 Å². The fourth-order valence-corrected chi connectivity index (χ4v) is 1.00. The number of hydrogen-bond donors (Lipinski definition) is 1. The van der Waals surface area contributed by atoms with Crippen molar-refractivity contribution in [1.82, 2.24) is 20.6 Å². The summed E-state index contributed by atoms with van der Waals surface area (Å²) in [4.78, 5) is 0. The summed E-state index contributed by atoms with van der Waals surface area (Å²) in [5.74, 6) is 1.19. The van der Waals surface area contributed by atoms with Crippen LogP contribution < -0.4 is 0 Å². The van der Waals surface area contributed by atoms with Crippen LogP contribution in [0.1, 0.15) is 31.5 Å². The van der Waals surface area contributed by atoms with Crippen molar-refractivity contribution < 1.29 is 4.74 Å². The molecule has 0 fully saturated rings. The lowest BCUT2D eigenvalue weighted by molar-refractivity contribution is 0.232. The SMILES string of the molecule is [CH2]OCCCC(C)c1nnn[nH]1. The van der Waals surface area contributed by atoms with Crippen molar-refractivity contribution in [3.63, 3.8) is 0 Å². The fraction of sp³-hybridized carbons (Fsp3) is 0.714. The van der Waals surface area contributed by atoms with Crippen LogP contribution in [0.5, 0.6) is 0 Å². The summed E-state index contributed by atoms with van der Waals surface area (Å²) < 4.78 is 4.70. The van der Waals surface area contributed by atoms with E-state index in [0.717, 1.165) is 18.7 Å². The van der Waals surface area contributed by atoms with Gasteiger partial charge in [-0.1, -0.05) is 6.92 Å². The summed E-state index contributed by atoms with van der Waals surface area (Å²) in [6, 6.07) is 0. The van der Waals surface area contributed by atoms with E-state index >= 15 is 0 Å². The molecule has 1 unspecified atom stereocenters.